The Morgan fingerprint density at radius 1 is 0.532 bits per heavy atom. The number of rotatable bonds is 43. The van der Waals surface area contributed by atoms with Crippen molar-refractivity contribution in [1.29, 1.82) is 0 Å². The van der Waals surface area contributed by atoms with E-state index in [-0.39, 0.29) is 23.7 Å². The van der Waals surface area contributed by atoms with Crippen molar-refractivity contribution in [2.75, 3.05) is 85.8 Å². The Kier molecular flexibility index (Phi) is 44.8. The Morgan fingerprint density at radius 2 is 0.984 bits per heavy atom. The zero-order chi connectivity index (χ0) is 45.7. The van der Waals surface area contributed by atoms with Crippen molar-refractivity contribution in [3.8, 4) is 0 Å². The molecule has 1 N–H and O–H groups in total. The predicted octanol–water partition coefficient (Wildman–Crippen LogP) is 12.3. The summed E-state index contributed by atoms with van der Waals surface area (Å²) < 4.78 is 11.1. The number of aldehydes is 1. The number of hydrogen-bond acceptors (Lipinski definition) is 8. The van der Waals surface area contributed by atoms with Gasteiger partial charge in [-0.15, -0.1) is 0 Å². The first-order valence-corrected chi connectivity index (χ1v) is 26.9. The fourth-order valence-corrected chi connectivity index (χ4v) is 8.55. The van der Waals surface area contributed by atoms with E-state index in [1.54, 1.807) is 7.11 Å². The molecule has 62 heavy (non-hydrogen) atoms. The van der Waals surface area contributed by atoms with Crippen molar-refractivity contribution >= 4 is 18.2 Å². The number of esters is 1. The second-order valence-electron chi connectivity index (χ2n) is 18.7. The Bertz CT molecular complexity index is 978. The number of piperazine rings is 1. The molecule has 9 nitrogen and oxygen atoms in total. The molecule has 0 aliphatic carbocycles. The van der Waals surface area contributed by atoms with E-state index in [9.17, 15) is 14.4 Å². The summed E-state index contributed by atoms with van der Waals surface area (Å²) in [6.45, 7) is 25.0. The molecule has 3 atom stereocenters. The number of nitrogens with zero attached hydrogens (tertiary/aromatic N) is 3. The minimum absolute atomic E-state index is 0.0388. The number of ether oxygens (including phenoxy) is 2. The van der Waals surface area contributed by atoms with Crippen LogP contribution < -0.4 is 5.32 Å². The summed E-state index contributed by atoms with van der Waals surface area (Å²) in [5.41, 5.74) is 0. The van der Waals surface area contributed by atoms with Gasteiger partial charge in [0, 0.05) is 77.9 Å². The first-order chi connectivity index (χ1) is 30.3. The van der Waals surface area contributed by atoms with Gasteiger partial charge in [0.1, 0.15) is 6.29 Å². The number of hydrogen-bond donors (Lipinski definition) is 1. The molecule has 0 aromatic heterocycles. The van der Waals surface area contributed by atoms with Crippen LogP contribution in [0.15, 0.2) is 0 Å². The van der Waals surface area contributed by atoms with Crippen molar-refractivity contribution in [3.05, 3.63) is 0 Å². The Morgan fingerprint density at radius 3 is 1.52 bits per heavy atom. The second kappa shape index (κ2) is 46.0. The van der Waals surface area contributed by atoms with E-state index in [1.165, 1.54) is 83.5 Å². The third kappa shape index (κ3) is 35.8. The van der Waals surface area contributed by atoms with E-state index in [0.717, 1.165) is 175 Å². The van der Waals surface area contributed by atoms with E-state index >= 15 is 0 Å². The van der Waals surface area contributed by atoms with Gasteiger partial charge in [0.25, 0.3) is 0 Å². The van der Waals surface area contributed by atoms with Crippen LogP contribution in [0.2, 0.25) is 0 Å². The van der Waals surface area contributed by atoms with E-state index in [0.29, 0.717) is 12.5 Å². The number of methoxy groups -OCH3 is 1. The van der Waals surface area contributed by atoms with Crippen molar-refractivity contribution in [1.82, 2.24) is 20.0 Å². The number of unbranched alkanes of at least 4 members (excludes halogenated alkanes) is 14. The minimum Gasteiger partial charge on any atom is -0.465 e. The molecule has 1 heterocycles. The highest BCUT2D eigenvalue weighted by Gasteiger charge is 2.21. The molecule has 1 aliphatic heterocycles. The van der Waals surface area contributed by atoms with Gasteiger partial charge in [0.2, 0.25) is 5.91 Å². The molecular formula is C53H106N4O5. The lowest BCUT2D eigenvalue weighted by atomic mass is 9.94. The summed E-state index contributed by atoms with van der Waals surface area (Å²) in [5.74, 6) is 0.936. The standard InChI is InChI=1S/C41H82N4O4.C12H24O/c1-6-10-14-16-24-38(22-12-8-3)40(46)42-26-29-44-31-34-45(35-32-44)33-30-43(27-18-20-36-48-5)28-19-21-37-49-41(47)39(23-13-9-4)25-17-15-11-7-2;1-3-5-7-8-10-12(11-13)9-6-4-2/h38-39H,6-37H2,1-5H3,(H,42,46);11-12H,3-10H2,1-2H3. The summed E-state index contributed by atoms with van der Waals surface area (Å²) in [7, 11) is 1.78. The van der Waals surface area contributed by atoms with Crippen molar-refractivity contribution in [3.63, 3.8) is 0 Å². The molecule has 0 radical (unpaired) electrons. The van der Waals surface area contributed by atoms with Crippen LogP contribution in [0.3, 0.4) is 0 Å². The highest BCUT2D eigenvalue weighted by Crippen LogP contribution is 2.20. The Balaban J connectivity index is 0.00000245. The first kappa shape index (κ1) is 60.5. The molecule has 1 amide bonds. The van der Waals surface area contributed by atoms with E-state index in [1.807, 2.05) is 0 Å². The number of nitrogens with one attached hydrogen (secondary N) is 1. The van der Waals surface area contributed by atoms with Gasteiger partial charge in [-0.05, 0) is 77.3 Å². The quantitative estimate of drug-likeness (QED) is 0.0368. The molecule has 0 aromatic carbocycles. The van der Waals surface area contributed by atoms with Gasteiger partial charge in [0.15, 0.2) is 0 Å². The topological polar surface area (TPSA) is 91.4 Å². The summed E-state index contributed by atoms with van der Waals surface area (Å²) in [5, 5.41) is 3.28. The summed E-state index contributed by atoms with van der Waals surface area (Å²) >= 11 is 0. The van der Waals surface area contributed by atoms with Crippen molar-refractivity contribution in [2.24, 2.45) is 17.8 Å². The van der Waals surface area contributed by atoms with Crippen molar-refractivity contribution < 1.29 is 23.9 Å². The van der Waals surface area contributed by atoms with Gasteiger partial charge in [0.05, 0.1) is 12.5 Å². The maximum atomic E-state index is 13.0. The van der Waals surface area contributed by atoms with Gasteiger partial charge >= 0.3 is 5.97 Å². The highest BCUT2D eigenvalue weighted by molar-refractivity contribution is 5.78. The van der Waals surface area contributed by atoms with Gasteiger partial charge in [-0.1, -0.05) is 157 Å². The number of carbonyl (C=O) groups is 3. The molecular weight excluding hydrogens is 773 g/mol. The lowest BCUT2D eigenvalue weighted by Gasteiger charge is -2.36. The lowest BCUT2D eigenvalue weighted by molar-refractivity contribution is -0.149. The molecule has 1 saturated heterocycles. The fraction of sp³-hybridized carbons (Fsp3) is 0.943. The van der Waals surface area contributed by atoms with Crippen molar-refractivity contribution in [2.45, 2.75) is 221 Å². The molecule has 3 unspecified atom stereocenters. The van der Waals surface area contributed by atoms with Crippen LogP contribution in [-0.4, -0.2) is 119 Å². The van der Waals surface area contributed by atoms with Gasteiger partial charge in [-0.2, -0.15) is 0 Å². The zero-order valence-corrected chi connectivity index (χ0v) is 42.5. The molecule has 9 heteroatoms. The molecule has 0 bridgehead atoms. The SMILES string of the molecule is CCCCCCC(C=O)CCCC.CCCCCCC(CCCC)C(=O)NCCN1CCN(CCN(CCCCOC)CCCCOC(=O)C(CCCC)CCCCCC)CC1. The predicted molar refractivity (Wildman–Crippen MR) is 265 cm³/mol. The van der Waals surface area contributed by atoms with Gasteiger partial charge < -0.3 is 24.5 Å². The smallest absolute Gasteiger partial charge is 0.308 e. The van der Waals surface area contributed by atoms with Crippen LogP contribution in [-0.2, 0) is 23.9 Å². The first-order valence-electron chi connectivity index (χ1n) is 26.9. The molecule has 1 aliphatic rings. The van der Waals surface area contributed by atoms with Gasteiger partial charge in [-0.3, -0.25) is 19.4 Å². The van der Waals surface area contributed by atoms with Crippen LogP contribution in [0, 0.1) is 17.8 Å². The third-order valence-electron chi connectivity index (χ3n) is 13.0. The number of amides is 1. The maximum Gasteiger partial charge on any atom is 0.308 e. The van der Waals surface area contributed by atoms with Crippen LogP contribution in [0.1, 0.15) is 221 Å². The molecule has 1 fully saturated rings. The number of carbonyl (C=O) groups excluding carboxylic acids is 3. The molecule has 0 spiro atoms. The minimum atomic E-state index is 0.0388. The maximum absolute atomic E-state index is 13.0. The Labute approximate surface area is 385 Å². The summed E-state index contributed by atoms with van der Waals surface area (Å²) in [6, 6.07) is 0. The highest BCUT2D eigenvalue weighted by atomic mass is 16.5. The van der Waals surface area contributed by atoms with E-state index in [4.69, 9.17) is 9.47 Å². The van der Waals surface area contributed by atoms with Crippen LogP contribution >= 0.6 is 0 Å². The Hall–Kier alpha value is -1.55. The van der Waals surface area contributed by atoms with Crippen LogP contribution in [0.4, 0.5) is 0 Å². The van der Waals surface area contributed by atoms with Crippen LogP contribution in [0.25, 0.3) is 0 Å². The summed E-state index contributed by atoms with van der Waals surface area (Å²) in [6.07, 6.45) is 33.5. The van der Waals surface area contributed by atoms with E-state index in [2.05, 4.69) is 61.6 Å². The van der Waals surface area contributed by atoms with Gasteiger partial charge in [-0.25, -0.2) is 0 Å². The normalized spacial score (nSPS) is 14.9. The monoisotopic (exact) mass is 879 g/mol. The summed E-state index contributed by atoms with van der Waals surface area (Å²) in [4.78, 5) is 44.2. The largest absolute Gasteiger partial charge is 0.465 e. The zero-order valence-electron chi connectivity index (χ0n) is 42.5. The second-order valence-corrected chi connectivity index (χ2v) is 18.7. The lowest BCUT2D eigenvalue weighted by Crippen LogP contribution is -2.50. The van der Waals surface area contributed by atoms with E-state index < -0.39 is 0 Å². The van der Waals surface area contributed by atoms with Crippen LogP contribution in [0.5, 0.6) is 0 Å². The fourth-order valence-electron chi connectivity index (χ4n) is 8.55. The molecule has 0 aromatic rings. The average molecular weight is 879 g/mol. The average Bonchev–Trinajstić information content (AvgIpc) is 3.29. The third-order valence-corrected chi connectivity index (χ3v) is 13.0. The molecule has 1 rings (SSSR count). The molecule has 0 saturated carbocycles. The molecule has 368 valence electrons.